The molecule has 0 saturated carbocycles. The first-order chi connectivity index (χ1) is 8.13. The average molecular weight is 262 g/mol. The number of rotatable bonds is 4. The van der Waals surface area contributed by atoms with Crippen LogP contribution in [0.2, 0.25) is 0 Å². The van der Waals surface area contributed by atoms with Crippen molar-refractivity contribution in [1.82, 2.24) is 4.31 Å². The molecule has 2 fully saturated rings. The van der Waals surface area contributed by atoms with E-state index in [9.17, 15) is 8.42 Å². The summed E-state index contributed by atoms with van der Waals surface area (Å²) >= 11 is 0. The van der Waals surface area contributed by atoms with Crippen LogP contribution >= 0.6 is 0 Å². The molecule has 2 aliphatic rings. The summed E-state index contributed by atoms with van der Waals surface area (Å²) in [7, 11) is -3.20. The Morgan fingerprint density at radius 3 is 2.71 bits per heavy atom. The lowest BCUT2D eigenvalue weighted by Gasteiger charge is -2.34. The molecule has 100 valence electrons. The van der Waals surface area contributed by atoms with Gasteiger partial charge in [0.1, 0.15) is 0 Å². The minimum Gasteiger partial charge on any atom is -0.377 e. The first-order valence-electron chi connectivity index (χ1n) is 6.44. The van der Waals surface area contributed by atoms with Gasteiger partial charge in [-0.1, -0.05) is 6.42 Å². The van der Waals surface area contributed by atoms with Crippen LogP contribution < -0.4 is 5.73 Å². The average Bonchev–Trinajstić information content (AvgIpc) is 2.81. The van der Waals surface area contributed by atoms with Crippen LogP contribution in [-0.4, -0.2) is 50.3 Å². The maximum Gasteiger partial charge on any atom is 0.216 e. The molecule has 17 heavy (non-hydrogen) atoms. The van der Waals surface area contributed by atoms with Gasteiger partial charge in [-0.05, 0) is 25.7 Å². The van der Waals surface area contributed by atoms with Crippen molar-refractivity contribution in [2.45, 2.75) is 44.2 Å². The van der Waals surface area contributed by atoms with E-state index >= 15 is 0 Å². The van der Waals surface area contributed by atoms with Gasteiger partial charge >= 0.3 is 0 Å². The number of ether oxygens (including phenoxy) is 1. The molecule has 0 amide bonds. The Morgan fingerprint density at radius 2 is 2.06 bits per heavy atom. The van der Waals surface area contributed by atoms with Crippen molar-refractivity contribution >= 4 is 10.0 Å². The molecule has 0 aliphatic carbocycles. The molecule has 2 unspecified atom stereocenters. The predicted octanol–water partition coefficient (Wildman–Crippen LogP) is 0.308. The Morgan fingerprint density at radius 1 is 1.24 bits per heavy atom. The van der Waals surface area contributed by atoms with Gasteiger partial charge in [0.15, 0.2) is 0 Å². The van der Waals surface area contributed by atoms with E-state index in [-0.39, 0.29) is 17.9 Å². The molecule has 2 atom stereocenters. The van der Waals surface area contributed by atoms with E-state index in [2.05, 4.69) is 0 Å². The Hall–Kier alpha value is -0.170. The molecule has 2 heterocycles. The number of hydrogen-bond acceptors (Lipinski definition) is 4. The largest absolute Gasteiger partial charge is 0.377 e. The minimum atomic E-state index is -3.20. The van der Waals surface area contributed by atoms with Gasteiger partial charge < -0.3 is 10.5 Å². The highest BCUT2D eigenvalue weighted by atomic mass is 32.2. The van der Waals surface area contributed by atoms with E-state index in [0.717, 1.165) is 32.1 Å². The van der Waals surface area contributed by atoms with Crippen molar-refractivity contribution in [3.8, 4) is 0 Å². The second-order valence-corrected chi connectivity index (χ2v) is 6.88. The highest BCUT2D eigenvalue weighted by Gasteiger charge is 2.34. The van der Waals surface area contributed by atoms with Gasteiger partial charge in [-0.25, -0.2) is 8.42 Å². The summed E-state index contributed by atoms with van der Waals surface area (Å²) in [6, 6.07) is -0.00449. The molecule has 2 aliphatic heterocycles. The highest BCUT2D eigenvalue weighted by Crippen LogP contribution is 2.22. The molecule has 0 spiro atoms. The zero-order chi connectivity index (χ0) is 12.3. The number of hydrogen-bond donors (Lipinski definition) is 1. The zero-order valence-electron chi connectivity index (χ0n) is 10.2. The summed E-state index contributed by atoms with van der Waals surface area (Å²) in [5.41, 5.74) is 5.66. The smallest absolute Gasteiger partial charge is 0.216 e. The third-order valence-corrected chi connectivity index (χ3v) is 5.61. The third kappa shape index (κ3) is 3.19. The second kappa shape index (κ2) is 5.65. The normalized spacial score (nSPS) is 31.8. The summed E-state index contributed by atoms with van der Waals surface area (Å²) in [5, 5.41) is 0. The Bertz CT molecular complexity index is 339. The van der Waals surface area contributed by atoms with Crippen LogP contribution in [0.25, 0.3) is 0 Å². The fourth-order valence-corrected chi connectivity index (χ4v) is 4.66. The lowest BCUT2D eigenvalue weighted by atomic mass is 10.1. The van der Waals surface area contributed by atoms with Crippen LogP contribution in [0.15, 0.2) is 0 Å². The Balaban J connectivity index is 2.01. The lowest BCUT2D eigenvalue weighted by Crippen LogP contribution is -2.49. The highest BCUT2D eigenvalue weighted by molar-refractivity contribution is 7.89. The standard InChI is InChI=1S/C11H22N2O3S/c12-8-10-4-1-2-6-13(10)17(14,15)9-11-5-3-7-16-11/h10-11H,1-9,12H2. The molecular weight excluding hydrogens is 240 g/mol. The van der Waals surface area contributed by atoms with Gasteiger partial charge in [0, 0.05) is 25.7 Å². The van der Waals surface area contributed by atoms with E-state index in [1.165, 1.54) is 0 Å². The summed E-state index contributed by atoms with van der Waals surface area (Å²) in [6.07, 6.45) is 4.64. The van der Waals surface area contributed by atoms with Crippen molar-refractivity contribution in [3.05, 3.63) is 0 Å². The minimum absolute atomic E-state index is 0.00449. The molecule has 0 aromatic rings. The predicted molar refractivity (Wildman–Crippen MR) is 66.2 cm³/mol. The van der Waals surface area contributed by atoms with E-state index in [0.29, 0.717) is 19.7 Å². The monoisotopic (exact) mass is 262 g/mol. The molecule has 5 nitrogen and oxygen atoms in total. The van der Waals surface area contributed by atoms with Crippen LogP contribution in [0, 0.1) is 0 Å². The molecule has 0 radical (unpaired) electrons. The molecule has 2 rings (SSSR count). The van der Waals surface area contributed by atoms with E-state index in [4.69, 9.17) is 10.5 Å². The lowest BCUT2D eigenvalue weighted by molar-refractivity contribution is 0.125. The molecule has 0 aromatic carbocycles. The fraction of sp³-hybridized carbons (Fsp3) is 1.00. The van der Waals surface area contributed by atoms with Crippen molar-refractivity contribution in [2.75, 3.05) is 25.4 Å². The maximum absolute atomic E-state index is 12.3. The molecular formula is C11H22N2O3S. The quantitative estimate of drug-likeness (QED) is 0.791. The van der Waals surface area contributed by atoms with Gasteiger partial charge in [0.2, 0.25) is 10.0 Å². The third-order valence-electron chi connectivity index (χ3n) is 3.62. The number of piperidine rings is 1. The van der Waals surface area contributed by atoms with Crippen LogP contribution in [0.5, 0.6) is 0 Å². The van der Waals surface area contributed by atoms with Gasteiger partial charge in [-0.3, -0.25) is 0 Å². The van der Waals surface area contributed by atoms with Crippen molar-refractivity contribution in [2.24, 2.45) is 5.73 Å². The number of sulfonamides is 1. The number of nitrogens with zero attached hydrogens (tertiary/aromatic N) is 1. The summed E-state index contributed by atoms with van der Waals surface area (Å²) in [4.78, 5) is 0. The van der Waals surface area contributed by atoms with Crippen LogP contribution in [-0.2, 0) is 14.8 Å². The molecule has 2 N–H and O–H groups in total. The van der Waals surface area contributed by atoms with Crippen molar-refractivity contribution in [3.63, 3.8) is 0 Å². The second-order valence-electron chi connectivity index (χ2n) is 4.91. The van der Waals surface area contributed by atoms with Crippen LogP contribution in [0.4, 0.5) is 0 Å². The first kappa shape index (κ1) is 13.3. The summed E-state index contributed by atoms with van der Waals surface area (Å²) in [6.45, 7) is 1.74. The van der Waals surface area contributed by atoms with Gasteiger partial charge in [0.05, 0.1) is 11.9 Å². The van der Waals surface area contributed by atoms with E-state index in [1.807, 2.05) is 0 Å². The topological polar surface area (TPSA) is 72.6 Å². The van der Waals surface area contributed by atoms with Crippen molar-refractivity contribution in [1.29, 1.82) is 0 Å². The first-order valence-corrected chi connectivity index (χ1v) is 8.05. The fourth-order valence-electron chi connectivity index (χ4n) is 2.68. The molecule has 6 heteroatoms. The Kier molecular flexibility index (Phi) is 4.41. The maximum atomic E-state index is 12.3. The summed E-state index contributed by atoms with van der Waals surface area (Å²) in [5.74, 6) is 0.128. The molecule has 0 aromatic heterocycles. The van der Waals surface area contributed by atoms with E-state index < -0.39 is 10.0 Å². The van der Waals surface area contributed by atoms with Gasteiger partial charge in [-0.15, -0.1) is 0 Å². The number of nitrogens with two attached hydrogens (primary N) is 1. The SMILES string of the molecule is NCC1CCCCN1S(=O)(=O)CC1CCCO1. The van der Waals surface area contributed by atoms with Crippen molar-refractivity contribution < 1.29 is 13.2 Å². The zero-order valence-corrected chi connectivity index (χ0v) is 11.0. The van der Waals surface area contributed by atoms with E-state index in [1.54, 1.807) is 4.31 Å². The molecule has 0 bridgehead atoms. The summed E-state index contributed by atoms with van der Waals surface area (Å²) < 4.78 is 31.6. The van der Waals surface area contributed by atoms with Crippen LogP contribution in [0.3, 0.4) is 0 Å². The van der Waals surface area contributed by atoms with Gasteiger partial charge in [0.25, 0.3) is 0 Å². The van der Waals surface area contributed by atoms with Crippen LogP contribution in [0.1, 0.15) is 32.1 Å². The van der Waals surface area contributed by atoms with Gasteiger partial charge in [-0.2, -0.15) is 4.31 Å². The molecule has 2 saturated heterocycles. The Labute approximate surface area is 103 Å².